The summed E-state index contributed by atoms with van der Waals surface area (Å²) in [5.41, 5.74) is 0.969. The zero-order valence-corrected chi connectivity index (χ0v) is 13.7. The summed E-state index contributed by atoms with van der Waals surface area (Å²) in [5.74, 6) is 0.142. The van der Waals surface area contributed by atoms with Crippen molar-refractivity contribution in [2.45, 2.75) is 26.0 Å². The zero-order chi connectivity index (χ0) is 15.7. The SMILES string of the molecule is COCCN(CC(C)C(O)c1ccccc1)C(C)COC. The van der Waals surface area contributed by atoms with Crippen LogP contribution in [0, 0.1) is 5.92 Å². The summed E-state index contributed by atoms with van der Waals surface area (Å²) in [4.78, 5) is 2.31. The van der Waals surface area contributed by atoms with E-state index in [2.05, 4.69) is 18.7 Å². The van der Waals surface area contributed by atoms with E-state index in [9.17, 15) is 5.11 Å². The molecule has 0 saturated carbocycles. The van der Waals surface area contributed by atoms with Crippen LogP contribution in [-0.2, 0) is 9.47 Å². The maximum absolute atomic E-state index is 10.5. The number of aliphatic hydroxyl groups is 1. The topological polar surface area (TPSA) is 41.9 Å². The molecule has 0 saturated heterocycles. The fourth-order valence-electron chi connectivity index (χ4n) is 2.50. The van der Waals surface area contributed by atoms with Gasteiger partial charge in [0.2, 0.25) is 0 Å². The molecule has 120 valence electrons. The Balaban J connectivity index is 2.63. The van der Waals surface area contributed by atoms with Crippen molar-refractivity contribution in [3.8, 4) is 0 Å². The molecular weight excluding hydrogens is 266 g/mol. The molecule has 0 heterocycles. The third-order valence-corrected chi connectivity index (χ3v) is 3.82. The Morgan fingerprint density at radius 2 is 1.76 bits per heavy atom. The quantitative estimate of drug-likeness (QED) is 0.719. The normalized spacial score (nSPS) is 15.9. The molecule has 21 heavy (non-hydrogen) atoms. The van der Waals surface area contributed by atoms with Crippen LogP contribution >= 0.6 is 0 Å². The van der Waals surface area contributed by atoms with Crippen LogP contribution in [-0.4, -0.2) is 56.6 Å². The molecule has 4 heteroatoms. The summed E-state index contributed by atoms with van der Waals surface area (Å²) in [6.07, 6.45) is -0.453. The van der Waals surface area contributed by atoms with Gasteiger partial charge in [-0.2, -0.15) is 0 Å². The molecule has 0 radical (unpaired) electrons. The Kier molecular flexibility index (Phi) is 8.54. The summed E-state index contributed by atoms with van der Waals surface area (Å²) < 4.78 is 10.4. The summed E-state index contributed by atoms with van der Waals surface area (Å²) in [7, 11) is 3.43. The Hall–Kier alpha value is -0.940. The Bertz CT molecular complexity index is 372. The summed E-state index contributed by atoms with van der Waals surface area (Å²) in [6, 6.07) is 10.1. The van der Waals surface area contributed by atoms with Crippen LogP contribution in [0.25, 0.3) is 0 Å². The first-order valence-electron chi connectivity index (χ1n) is 7.55. The first-order valence-corrected chi connectivity index (χ1v) is 7.55. The largest absolute Gasteiger partial charge is 0.388 e. The summed E-state index contributed by atoms with van der Waals surface area (Å²) in [6.45, 7) is 7.23. The number of rotatable bonds is 10. The van der Waals surface area contributed by atoms with Crippen molar-refractivity contribution in [3.63, 3.8) is 0 Å². The second kappa shape index (κ2) is 9.90. The number of benzene rings is 1. The van der Waals surface area contributed by atoms with Crippen molar-refractivity contribution < 1.29 is 14.6 Å². The highest BCUT2D eigenvalue weighted by Crippen LogP contribution is 2.23. The molecule has 0 aromatic heterocycles. The van der Waals surface area contributed by atoms with Gasteiger partial charge in [-0.25, -0.2) is 0 Å². The van der Waals surface area contributed by atoms with E-state index < -0.39 is 6.10 Å². The summed E-state index contributed by atoms with van der Waals surface area (Å²) >= 11 is 0. The van der Waals surface area contributed by atoms with Crippen LogP contribution in [0.3, 0.4) is 0 Å². The highest BCUT2D eigenvalue weighted by molar-refractivity contribution is 5.17. The predicted molar refractivity (Wildman–Crippen MR) is 85.4 cm³/mol. The lowest BCUT2D eigenvalue weighted by Gasteiger charge is -2.32. The molecule has 0 amide bonds. The van der Waals surface area contributed by atoms with Gasteiger partial charge in [-0.1, -0.05) is 37.3 Å². The minimum atomic E-state index is -0.453. The molecule has 0 fully saturated rings. The second-order valence-electron chi connectivity index (χ2n) is 5.62. The van der Waals surface area contributed by atoms with Crippen molar-refractivity contribution in [1.82, 2.24) is 4.90 Å². The van der Waals surface area contributed by atoms with Gasteiger partial charge in [-0.15, -0.1) is 0 Å². The number of hydrogen-bond acceptors (Lipinski definition) is 4. The standard InChI is InChI=1S/C17H29NO3/c1-14(17(19)16-8-6-5-7-9-16)12-18(10-11-20-3)15(2)13-21-4/h5-9,14-15,17,19H,10-13H2,1-4H3. The molecule has 0 aliphatic rings. The van der Waals surface area contributed by atoms with E-state index in [1.54, 1.807) is 14.2 Å². The number of ether oxygens (including phenoxy) is 2. The molecule has 1 N–H and O–H groups in total. The monoisotopic (exact) mass is 295 g/mol. The van der Waals surface area contributed by atoms with Crippen molar-refractivity contribution in [2.75, 3.05) is 40.5 Å². The number of hydrogen-bond donors (Lipinski definition) is 1. The van der Waals surface area contributed by atoms with Crippen LogP contribution in [0.15, 0.2) is 30.3 Å². The zero-order valence-electron chi connectivity index (χ0n) is 13.7. The molecule has 3 unspecified atom stereocenters. The van der Waals surface area contributed by atoms with Gasteiger partial charge in [0.05, 0.1) is 19.3 Å². The predicted octanol–water partition coefficient (Wildman–Crippen LogP) is 2.34. The molecule has 0 aliphatic carbocycles. The van der Waals surface area contributed by atoms with Gasteiger partial charge in [0, 0.05) is 33.4 Å². The molecule has 0 bridgehead atoms. The molecule has 4 nitrogen and oxygen atoms in total. The van der Waals surface area contributed by atoms with Crippen molar-refractivity contribution in [2.24, 2.45) is 5.92 Å². The van der Waals surface area contributed by atoms with E-state index in [1.807, 2.05) is 30.3 Å². The third-order valence-electron chi connectivity index (χ3n) is 3.82. The van der Waals surface area contributed by atoms with Gasteiger partial charge >= 0.3 is 0 Å². The molecule has 0 spiro atoms. The van der Waals surface area contributed by atoms with E-state index in [0.717, 1.165) is 18.7 Å². The fourth-order valence-corrected chi connectivity index (χ4v) is 2.50. The second-order valence-corrected chi connectivity index (χ2v) is 5.62. The molecule has 3 atom stereocenters. The Labute approximate surface area is 128 Å². The Morgan fingerprint density at radius 3 is 2.33 bits per heavy atom. The van der Waals surface area contributed by atoms with Gasteiger partial charge in [0.25, 0.3) is 0 Å². The fraction of sp³-hybridized carbons (Fsp3) is 0.647. The number of aliphatic hydroxyl groups excluding tert-OH is 1. The highest BCUT2D eigenvalue weighted by Gasteiger charge is 2.22. The Morgan fingerprint density at radius 1 is 1.10 bits per heavy atom. The molecule has 1 aromatic carbocycles. The van der Waals surface area contributed by atoms with Crippen LogP contribution in [0.4, 0.5) is 0 Å². The molecule has 1 aromatic rings. The molecular formula is C17H29NO3. The van der Waals surface area contributed by atoms with Crippen LogP contribution in [0.5, 0.6) is 0 Å². The molecule has 0 aliphatic heterocycles. The van der Waals surface area contributed by atoms with Crippen molar-refractivity contribution >= 4 is 0 Å². The van der Waals surface area contributed by atoms with Gasteiger partial charge in [-0.3, -0.25) is 4.90 Å². The first-order chi connectivity index (χ1) is 10.1. The van der Waals surface area contributed by atoms with E-state index >= 15 is 0 Å². The number of nitrogens with zero attached hydrogens (tertiary/aromatic N) is 1. The summed E-state index contributed by atoms with van der Waals surface area (Å²) in [5, 5.41) is 10.5. The average molecular weight is 295 g/mol. The van der Waals surface area contributed by atoms with E-state index in [1.165, 1.54) is 0 Å². The third kappa shape index (κ3) is 6.14. The lowest BCUT2D eigenvalue weighted by molar-refractivity contribution is 0.0375. The van der Waals surface area contributed by atoms with Crippen molar-refractivity contribution in [3.05, 3.63) is 35.9 Å². The van der Waals surface area contributed by atoms with E-state index in [-0.39, 0.29) is 5.92 Å². The maximum Gasteiger partial charge on any atom is 0.0827 e. The lowest BCUT2D eigenvalue weighted by Crippen LogP contribution is -2.42. The van der Waals surface area contributed by atoms with Gasteiger partial charge in [0.15, 0.2) is 0 Å². The lowest BCUT2D eigenvalue weighted by atomic mass is 9.96. The highest BCUT2D eigenvalue weighted by atomic mass is 16.5. The van der Waals surface area contributed by atoms with Gasteiger partial charge in [-0.05, 0) is 18.4 Å². The minimum Gasteiger partial charge on any atom is -0.388 e. The van der Waals surface area contributed by atoms with Crippen molar-refractivity contribution in [1.29, 1.82) is 0 Å². The van der Waals surface area contributed by atoms with Gasteiger partial charge in [0.1, 0.15) is 0 Å². The van der Waals surface area contributed by atoms with E-state index in [4.69, 9.17) is 9.47 Å². The minimum absolute atomic E-state index is 0.142. The van der Waals surface area contributed by atoms with Gasteiger partial charge < -0.3 is 14.6 Å². The number of methoxy groups -OCH3 is 2. The first kappa shape index (κ1) is 18.1. The smallest absolute Gasteiger partial charge is 0.0827 e. The maximum atomic E-state index is 10.5. The average Bonchev–Trinajstić information content (AvgIpc) is 2.51. The van der Waals surface area contributed by atoms with Crippen LogP contribution < -0.4 is 0 Å². The molecule has 1 rings (SSSR count). The van der Waals surface area contributed by atoms with E-state index in [0.29, 0.717) is 19.3 Å². The van der Waals surface area contributed by atoms with Crippen LogP contribution in [0.2, 0.25) is 0 Å². The van der Waals surface area contributed by atoms with Crippen LogP contribution in [0.1, 0.15) is 25.5 Å².